The van der Waals surface area contributed by atoms with Crippen LogP contribution in [-0.2, 0) is 5.60 Å². The Morgan fingerprint density at radius 3 is 2.67 bits per heavy atom. The molecule has 1 saturated carbocycles. The van der Waals surface area contributed by atoms with Gasteiger partial charge in [-0.2, -0.15) is 0 Å². The number of benzene rings is 1. The van der Waals surface area contributed by atoms with Crippen LogP contribution in [-0.4, -0.2) is 5.11 Å². The second-order valence-corrected chi connectivity index (χ2v) is 4.86. The van der Waals surface area contributed by atoms with E-state index in [9.17, 15) is 5.11 Å². The third-order valence-corrected chi connectivity index (χ3v) is 3.87. The monoisotopic (exact) mass is 224 g/mol. The van der Waals surface area contributed by atoms with Crippen LogP contribution in [0, 0.1) is 5.92 Å². The maximum atomic E-state index is 10.7. The van der Waals surface area contributed by atoms with Crippen LogP contribution in [0.2, 0.25) is 5.02 Å². The van der Waals surface area contributed by atoms with Crippen LogP contribution in [0.4, 0.5) is 0 Å². The molecule has 0 heterocycles. The summed E-state index contributed by atoms with van der Waals surface area (Å²) >= 11 is 5.85. The molecule has 1 aromatic rings. The Morgan fingerprint density at radius 2 is 2.07 bits per heavy atom. The molecule has 2 heteroatoms. The number of halogens is 1. The molecule has 0 amide bonds. The van der Waals surface area contributed by atoms with Crippen LogP contribution < -0.4 is 0 Å². The molecule has 15 heavy (non-hydrogen) atoms. The van der Waals surface area contributed by atoms with Gasteiger partial charge in [0.05, 0.1) is 5.60 Å². The van der Waals surface area contributed by atoms with Gasteiger partial charge in [0.2, 0.25) is 0 Å². The van der Waals surface area contributed by atoms with Crippen molar-refractivity contribution in [2.45, 2.75) is 38.2 Å². The number of aliphatic hydroxyl groups is 1. The average molecular weight is 225 g/mol. The maximum Gasteiger partial charge on any atom is 0.0924 e. The first-order chi connectivity index (χ1) is 7.16. The van der Waals surface area contributed by atoms with Gasteiger partial charge in [0.1, 0.15) is 0 Å². The molecule has 0 radical (unpaired) electrons. The molecule has 1 aliphatic carbocycles. The predicted molar refractivity (Wildman–Crippen MR) is 63.0 cm³/mol. The fourth-order valence-corrected chi connectivity index (χ4v) is 2.85. The van der Waals surface area contributed by atoms with Crippen LogP contribution in [0.15, 0.2) is 24.3 Å². The Bertz CT molecular complexity index is 333. The SMILES string of the molecule is CCC1CCCC1(O)c1ccc(Cl)cc1. The Labute approximate surface area is 96.1 Å². The number of hydrogen-bond donors (Lipinski definition) is 1. The lowest BCUT2D eigenvalue weighted by molar-refractivity contribution is -0.00386. The third kappa shape index (κ3) is 1.91. The highest BCUT2D eigenvalue weighted by molar-refractivity contribution is 6.30. The Balaban J connectivity index is 2.32. The van der Waals surface area contributed by atoms with Crippen LogP contribution in [0.1, 0.15) is 38.2 Å². The molecule has 2 atom stereocenters. The van der Waals surface area contributed by atoms with Crippen molar-refractivity contribution >= 4 is 11.6 Å². The summed E-state index contributed by atoms with van der Waals surface area (Å²) in [5, 5.41) is 11.4. The van der Waals surface area contributed by atoms with Crippen molar-refractivity contribution < 1.29 is 5.11 Å². The predicted octanol–water partition coefficient (Wildman–Crippen LogP) is 3.74. The minimum Gasteiger partial charge on any atom is -0.385 e. The molecule has 82 valence electrons. The zero-order chi connectivity index (χ0) is 10.9. The summed E-state index contributed by atoms with van der Waals surface area (Å²) in [7, 11) is 0. The molecular formula is C13H17ClO. The quantitative estimate of drug-likeness (QED) is 0.812. The second kappa shape index (κ2) is 4.15. The normalized spacial score (nSPS) is 30.7. The fourth-order valence-electron chi connectivity index (χ4n) is 2.72. The smallest absolute Gasteiger partial charge is 0.0924 e. The van der Waals surface area contributed by atoms with Crippen molar-refractivity contribution in [3.8, 4) is 0 Å². The zero-order valence-corrected chi connectivity index (χ0v) is 9.80. The molecule has 1 aromatic carbocycles. The van der Waals surface area contributed by atoms with Crippen molar-refractivity contribution in [2.75, 3.05) is 0 Å². The minimum absolute atomic E-state index is 0.402. The summed E-state index contributed by atoms with van der Waals surface area (Å²) in [4.78, 5) is 0. The van der Waals surface area contributed by atoms with Gasteiger partial charge in [0.15, 0.2) is 0 Å². The van der Waals surface area contributed by atoms with E-state index in [1.54, 1.807) is 0 Å². The maximum absolute atomic E-state index is 10.7. The first-order valence-electron chi connectivity index (χ1n) is 5.65. The molecule has 2 rings (SSSR count). The van der Waals surface area contributed by atoms with Crippen LogP contribution in [0.3, 0.4) is 0 Å². The first-order valence-corrected chi connectivity index (χ1v) is 6.03. The van der Waals surface area contributed by atoms with Crippen molar-refractivity contribution in [3.05, 3.63) is 34.9 Å². The van der Waals surface area contributed by atoms with E-state index >= 15 is 0 Å². The van der Waals surface area contributed by atoms with E-state index in [2.05, 4.69) is 6.92 Å². The van der Waals surface area contributed by atoms with Crippen molar-refractivity contribution in [3.63, 3.8) is 0 Å². The Morgan fingerprint density at radius 1 is 1.40 bits per heavy atom. The summed E-state index contributed by atoms with van der Waals surface area (Å²) < 4.78 is 0. The summed E-state index contributed by atoms with van der Waals surface area (Å²) in [6.45, 7) is 2.15. The number of hydrogen-bond acceptors (Lipinski definition) is 1. The molecule has 0 saturated heterocycles. The molecule has 1 fully saturated rings. The van der Waals surface area contributed by atoms with Crippen LogP contribution in [0.5, 0.6) is 0 Å². The highest BCUT2D eigenvalue weighted by atomic mass is 35.5. The van der Waals surface area contributed by atoms with E-state index in [0.717, 1.165) is 36.3 Å². The minimum atomic E-state index is -0.612. The molecule has 1 nitrogen and oxygen atoms in total. The molecule has 1 N–H and O–H groups in total. The average Bonchev–Trinajstić information content (AvgIpc) is 2.61. The summed E-state index contributed by atoms with van der Waals surface area (Å²) in [6.07, 6.45) is 4.18. The van der Waals surface area contributed by atoms with Crippen LogP contribution >= 0.6 is 11.6 Å². The topological polar surface area (TPSA) is 20.2 Å². The molecule has 0 aromatic heterocycles. The van der Waals surface area contributed by atoms with Gasteiger partial charge >= 0.3 is 0 Å². The van der Waals surface area contributed by atoms with E-state index in [4.69, 9.17) is 11.6 Å². The molecule has 1 aliphatic rings. The second-order valence-electron chi connectivity index (χ2n) is 4.43. The summed E-state index contributed by atoms with van der Waals surface area (Å²) in [5.74, 6) is 0.402. The van der Waals surface area contributed by atoms with E-state index in [-0.39, 0.29) is 0 Å². The van der Waals surface area contributed by atoms with Gasteiger partial charge in [-0.3, -0.25) is 0 Å². The first kappa shape index (κ1) is 11.0. The van der Waals surface area contributed by atoms with Gasteiger partial charge in [-0.1, -0.05) is 37.1 Å². The molecule has 0 aliphatic heterocycles. The Hall–Kier alpha value is -0.530. The Kier molecular flexibility index (Phi) is 3.03. The highest BCUT2D eigenvalue weighted by Crippen LogP contribution is 2.45. The molecule has 0 bridgehead atoms. The summed E-state index contributed by atoms with van der Waals surface area (Å²) in [6, 6.07) is 7.63. The number of rotatable bonds is 2. The summed E-state index contributed by atoms with van der Waals surface area (Å²) in [5.41, 5.74) is 0.413. The zero-order valence-electron chi connectivity index (χ0n) is 9.04. The van der Waals surface area contributed by atoms with E-state index in [1.807, 2.05) is 24.3 Å². The van der Waals surface area contributed by atoms with Gasteiger partial charge in [-0.05, 0) is 42.9 Å². The lowest BCUT2D eigenvalue weighted by atomic mass is 9.82. The lowest BCUT2D eigenvalue weighted by Gasteiger charge is -2.30. The third-order valence-electron chi connectivity index (χ3n) is 3.62. The van der Waals surface area contributed by atoms with Gasteiger partial charge in [-0.25, -0.2) is 0 Å². The molecular weight excluding hydrogens is 208 g/mol. The van der Waals surface area contributed by atoms with E-state index in [0.29, 0.717) is 5.92 Å². The van der Waals surface area contributed by atoms with Crippen molar-refractivity contribution in [1.29, 1.82) is 0 Å². The van der Waals surface area contributed by atoms with Gasteiger partial charge < -0.3 is 5.11 Å². The largest absolute Gasteiger partial charge is 0.385 e. The van der Waals surface area contributed by atoms with Gasteiger partial charge in [0, 0.05) is 5.02 Å². The lowest BCUT2D eigenvalue weighted by Crippen LogP contribution is -2.29. The molecule has 0 spiro atoms. The van der Waals surface area contributed by atoms with E-state index in [1.165, 1.54) is 0 Å². The highest BCUT2D eigenvalue weighted by Gasteiger charge is 2.41. The van der Waals surface area contributed by atoms with Crippen molar-refractivity contribution in [1.82, 2.24) is 0 Å². The van der Waals surface area contributed by atoms with Crippen LogP contribution in [0.25, 0.3) is 0 Å². The fraction of sp³-hybridized carbons (Fsp3) is 0.538. The standard InChI is InChI=1S/C13H17ClO/c1-2-10-4-3-9-13(10,15)11-5-7-12(14)8-6-11/h5-8,10,15H,2-4,9H2,1H3. The molecule has 2 unspecified atom stereocenters. The van der Waals surface area contributed by atoms with Gasteiger partial charge in [-0.15, -0.1) is 0 Å². The van der Waals surface area contributed by atoms with E-state index < -0.39 is 5.60 Å². The van der Waals surface area contributed by atoms with Gasteiger partial charge in [0.25, 0.3) is 0 Å². The van der Waals surface area contributed by atoms with Crippen molar-refractivity contribution in [2.24, 2.45) is 5.92 Å².